The molecule has 1 aliphatic heterocycles. The molecule has 2 rings (SSSR count). The maximum atomic E-state index is 11.9. The van der Waals surface area contributed by atoms with Crippen molar-refractivity contribution in [1.29, 1.82) is 0 Å². The van der Waals surface area contributed by atoms with Crippen LogP contribution in [0.15, 0.2) is 24.3 Å². The highest BCUT2D eigenvalue weighted by Gasteiger charge is 2.27. The highest BCUT2D eigenvalue weighted by atomic mass is 32.2. The Morgan fingerprint density at radius 2 is 2.05 bits per heavy atom. The molecule has 0 radical (unpaired) electrons. The zero-order chi connectivity index (χ0) is 16.2. The topological polar surface area (TPSA) is 69.6 Å². The fourth-order valence-electron chi connectivity index (χ4n) is 2.89. The Labute approximate surface area is 133 Å². The maximum absolute atomic E-state index is 11.9. The molecular formula is C16H26N2O3S. The van der Waals surface area contributed by atoms with Crippen LogP contribution in [-0.4, -0.2) is 42.7 Å². The monoisotopic (exact) mass is 326 g/mol. The average molecular weight is 326 g/mol. The first-order valence-electron chi connectivity index (χ1n) is 7.90. The summed E-state index contributed by atoms with van der Waals surface area (Å²) in [7, 11) is -3.06. The molecule has 1 unspecified atom stereocenters. The molecule has 1 fully saturated rings. The van der Waals surface area contributed by atoms with Gasteiger partial charge in [0, 0.05) is 25.2 Å². The highest BCUT2D eigenvalue weighted by Crippen LogP contribution is 2.20. The van der Waals surface area contributed by atoms with Crippen LogP contribution in [0.5, 0.6) is 0 Å². The molecule has 0 aromatic heterocycles. The van der Waals surface area contributed by atoms with Crippen LogP contribution in [0.1, 0.15) is 43.9 Å². The van der Waals surface area contributed by atoms with Gasteiger partial charge in [-0.2, -0.15) is 0 Å². The van der Waals surface area contributed by atoms with E-state index in [2.05, 4.69) is 12.2 Å². The van der Waals surface area contributed by atoms with Crippen LogP contribution in [0.3, 0.4) is 0 Å². The molecule has 0 aliphatic carbocycles. The van der Waals surface area contributed by atoms with E-state index in [1.54, 1.807) is 11.2 Å². The summed E-state index contributed by atoms with van der Waals surface area (Å²) in [6, 6.07) is 8.43. The molecule has 1 aliphatic rings. The molecule has 1 atom stereocenters. The first kappa shape index (κ1) is 17.4. The van der Waals surface area contributed by atoms with Gasteiger partial charge in [0.05, 0.1) is 12.4 Å². The summed E-state index contributed by atoms with van der Waals surface area (Å²) in [6.45, 7) is 5.03. The number of rotatable bonds is 6. The summed E-state index contributed by atoms with van der Waals surface area (Å²) in [6.07, 6.45) is 1.67. The van der Waals surface area contributed by atoms with Crippen molar-refractivity contribution in [2.45, 2.75) is 45.4 Å². The number of hydrogen-bond acceptors (Lipinski definition) is 4. The minimum absolute atomic E-state index is 0.0494. The standard InChI is InChI=1S/C16H26N2O3S/c1-3-22(20,21)18-9-7-16(8-10-18)17-13(2)15-6-4-5-14(11-15)12-19/h4-6,11,13,16-17,19H,3,7-10,12H2,1-2H3. The van der Waals surface area contributed by atoms with Crippen molar-refractivity contribution < 1.29 is 13.5 Å². The lowest BCUT2D eigenvalue weighted by Gasteiger charge is -2.33. The van der Waals surface area contributed by atoms with Gasteiger partial charge in [0.2, 0.25) is 10.0 Å². The lowest BCUT2D eigenvalue weighted by molar-refractivity contribution is 0.276. The molecule has 6 heteroatoms. The number of aliphatic hydroxyl groups is 1. The Kier molecular flexibility index (Phi) is 5.97. The Bertz CT molecular complexity index is 581. The summed E-state index contributed by atoms with van der Waals surface area (Å²) < 4.78 is 25.3. The molecule has 0 amide bonds. The van der Waals surface area contributed by atoms with Gasteiger partial charge in [0.15, 0.2) is 0 Å². The average Bonchev–Trinajstić information content (AvgIpc) is 2.55. The summed E-state index contributed by atoms with van der Waals surface area (Å²) in [5, 5.41) is 12.8. The Hall–Kier alpha value is -0.950. The molecule has 22 heavy (non-hydrogen) atoms. The van der Waals surface area contributed by atoms with E-state index in [1.807, 2.05) is 24.3 Å². The van der Waals surface area contributed by atoms with Gasteiger partial charge < -0.3 is 10.4 Å². The highest BCUT2D eigenvalue weighted by molar-refractivity contribution is 7.89. The third-order valence-electron chi connectivity index (χ3n) is 4.33. The summed E-state index contributed by atoms with van der Waals surface area (Å²) in [5.74, 6) is 0.176. The van der Waals surface area contributed by atoms with Crippen LogP contribution in [0.2, 0.25) is 0 Å². The van der Waals surface area contributed by atoms with Gasteiger partial charge in [-0.05, 0) is 37.8 Å². The van der Waals surface area contributed by atoms with Gasteiger partial charge in [-0.1, -0.05) is 24.3 Å². The van der Waals surface area contributed by atoms with Crippen LogP contribution < -0.4 is 5.32 Å². The van der Waals surface area contributed by atoms with E-state index in [-0.39, 0.29) is 18.4 Å². The summed E-state index contributed by atoms with van der Waals surface area (Å²) in [4.78, 5) is 0. The van der Waals surface area contributed by atoms with Gasteiger partial charge in [0.25, 0.3) is 0 Å². The van der Waals surface area contributed by atoms with E-state index < -0.39 is 10.0 Å². The lowest BCUT2D eigenvalue weighted by Crippen LogP contribution is -2.45. The SMILES string of the molecule is CCS(=O)(=O)N1CCC(NC(C)c2cccc(CO)c2)CC1. The largest absolute Gasteiger partial charge is 0.392 e. The van der Waals surface area contributed by atoms with Crippen LogP contribution in [0.4, 0.5) is 0 Å². The molecule has 0 spiro atoms. The van der Waals surface area contributed by atoms with Gasteiger partial charge in [-0.25, -0.2) is 12.7 Å². The van der Waals surface area contributed by atoms with Gasteiger partial charge in [-0.3, -0.25) is 0 Å². The number of nitrogens with zero attached hydrogens (tertiary/aromatic N) is 1. The van der Waals surface area contributed by atoms with E-state index in [0.717, 1.165) is 24.0 Å². The van der Waals surface area contributed by atoms with Crippen molar-refractivity contribution in [3.05, 3.63) is 35.4 Å². The Morgan fingerprint density at radius 1 is 1.36 bits per heavy atom. The van der Waals surface area contributed by atoms with Crippen LogP contribution >= 0.6 is 0 Å². The third kappa shape index (κ3) is 4.29. The van der Waals surface area contributed by atoms with Crippen molar-refractivity contribution in [3.63, 3.8) is 0 Å². The zero-order valence-corrected chi connectivity index (χ0v) is 14.1. The van der Waals surface area contributed by atoms with Gasteiger partial charge in [0.1, 0.15) is 0 Å². The summed E-state index contributed by atoms with van der Waals surface area (Å²) in [5.41, 5.74) is 2.06. The van der Waals surface area contributed by atoms with Gasteiger partial charge in [-0.15, -0.1) is 0 Å². The van der Waals surface area contributed by atoms with Crippen molar-refractivity contribution in [1.82, 2.24) is 9.62 Å². The van der Waals surface area contributed by atoms with Crippen molar-refractivity contribution in [2.24, 2.45) is 0 Å². The van der Waals surface area contributed by atoms with Crippen LogP contribution in [0.25, 0.3) is 0 Å². The van der Waals surface area contributed by atoms with Crippen molar-refractivity contribution in [2.75, 3.05) is 18.8 Å². The predicted octanol–water partition coefficient (Wildman–Crippen LogP) is 1.64. The zero-order valence-electron chi connectivity index (χ0n) is 13.3. The molecule has 1 aromatic rings. The van der Waals surface area contributed by atoms with Gasteiger partial charge >= 0.3 is 0 Å². The molecule has 5 nitrogen and oxygen atoms in total. The smallest absolute Gasteiger partial charge is 0.213 e. The normalized spacial score (nSPS) is 19.2. The van der Waals surface area contributed by atoms with E-state index in [0.29, 0.717) is 19.1 Å². The minimum atomic E-state index is -3.06. The fraction of sp³-hybridized carbons (Fsp3) is 0.625. The van der Waals surface area contributed by atoms with Crippen molar-refractivity contribution in [3.8, 4) is 0 Å². The van der Waals surface area contributed by atoms with E-state index in [1.165, 1.54) is 0 Å². The van der Waals surface area contributed by atoms with E-state index >= 15 is 0 Å². The number of aliphatic hydroxyl groups excluding tert-OH is 1. The number of benzene rings is 1. The number of nitrogens with one attached hydrogen (secondary N) is 1. The second-order valence-corrected chi connectivity index (χ2v) is 8.12. The Balaban J connectivity index is 1.90. The molecule has 1 heterocycles. The van der Waals surface area contributed by atoms with Crippen LogP contribution in [-0.2, 0) is 16.6 Å². The van der Waals surface area contributed by atoms with Crippen molar-refractivity contribution >= 4 is 10.0 Å². The number of piperidine rings is 1. The number of sulfonamides is 1. The maximum Gasteiger partial charge on any atom is 0.213 e. The third-order valence-corrected chi connectivity index (χ3v) is 6.21. The lowest BCUT2D eigenvalue weighted by atomic mass is 10.0. The molecular weight excluding hydrogens is 300 g/mol. The molecule has 2 N–H and O–H groups in total. The first-order chi connectivity index (χ1) is 10.5. The quantitative estimate of drug-likeness (QED) is 0.834. The Morgan fingerprint density at radius 3 is 2.64 bits per heavy atom. The molecule has 124 valence electrons. The van der Waals surface area contributed by atoms with Crippen LogP contribution in [0, 0.1) is 0 Å². The molecule has 0 bridgehead atoms. The van der Waals surface area contributed by atoms with E-state index in [4.69, 9.17) is 0 Å². The first-order valence-corrected chi connectivity index (χ1v) is 9.50. The van der Waals surface area contributed by atoms with E-state index in [9.17, 15) is 13.5 Å². The second kappa shape index (κ2) is 7.55. The molecule has 1 aromatic carbocycles. The fourth-order valence-corrected chi connectivity index (χ4v) is 4.03. The molecule has 1 saturated heterocycles. The minimum Gasteiger partial charge on any atom is -0.392 e. The summed E-state index contributed by atoms with van der Waals surface area (Å²) >= 11 is 0. The predicted molar refractivity (Wildman–Crippen MR) is 88.0 cm³/mol. The molecule has 0 saturated carbocycles. The number of hydrogen-bond donors (Lipinski definition) is 2. The second-order valence-electron chi connectivity index (χ2n) is 5.87.